The zero-order valence-electron chi connectivity index (χ0n) is 11.8. The van der Waals surface area contributed by atoms with Gasteiger partial charge < -0.3 is 10.0 Å². The normalized spacial score (nSPS) is 14.4. The van der Waals surface area contributed by atoms with Gasteiger partial charge in [-0.25, -0.2) is 9.78 Å². The van der Waals surface area contributed by atoms with E-state index in [-0.39, 0.29) is 5.69 Å². The van der Waals surface area contributed by atoms with Crippen molar-refractivity contribution in [1.29, 1.82) is 0 Å². The van der Waals surface area contributed by atoms with Crippen molar-refractivity contribution >= 4 is 11.7 Å². The third-order valence-corrected chi connectivity index (χ3v) is 3.91. The number of carboxylic acid groups (broad SMARTS) is 1. The second-order valence-corrected chi connectivity index (χ2v) is 5.32. The van der Waals surface area contributed by atoms with E-state index in [2.05, 4.69) is 28.1 Å². The number of aromatic carboxylic acids is 1. The van der Waals surface area contributed by atoms with Crippen molar-refractivity contribution in [3.8, 4) is 0 Å². The highest BCUT2D eigenvalue weighted by Crippen LogP contribution is 2.27. The smallest absolute Gasteiger partial charge is 0.354 e. The zero-order chi connectivity index (χ0) is 14.7. The van der Waals surface area contributed by atoms with Gasteiger partial charge in [-0.3, -0.25) is 0 Å². The number of hydrogen-bond donors (Lipinski definition) is 1. The first kappa shape index (κ1) is 13.6. The fourth-order valence-corrected chi connectivity index (χ4v) is 2.90. The number of rotatable bonds is 3. The van der Waals surface area contributed by atoms with Crippen LogP contribution in [0.2, 0.25) is 0 Å². The summed E-state index contributed by atoms with van der Waals surface area (Å²) in [6.07, 6.45) is 4.92. The largest absolute Gasteiger partial charge is 0.477 e. The van der Waals surface area contributed by atoms with Crippen LogP contribution in [0.25, 0.3) is 0 Å². The molecule has 2 heterocycles. The Balaban J connectivity index is 1.93. The lowest BCUT2D eigenvalue weighted by Gasteiger charge is -2.25. The second-order valence-electron chi connectivity index (χ2n) is 5.32. The molecule has 21 heavy (non-hydrogen) atoms. The molecule has 0 fully saturated rings. The van der Waals surface area contributed by atoms with Crippen molar-refractivity contribution in [1.82, 2.24) is 4.98 Å². The first-order chi connectivity index (χ1) is 10.3. The van der Waals surface area contributed by atoms with Crippen molar-refractivity contribution in [2.75, 3.05) is 11.4 Å². The molecule has 0 unspecified atom stereocenters. The van der Waals surface area contributed by atoms with Gasteiger partial charge in [-0.1, -0.05) is 24.3 Å². The minimum atomic E-state index is -0.964. The topological polar surface area (TPSA) is 53.4 Å². The van der Waals surface area contributed by atoms with Crippen LogP contribution in [-0.4, -0.2) is 22.6 Å². The van der Waals surface area contributed by atoms with Crippen LogP contribution < -0.4 is 4.90 Å². The van der Waals surface area contributed by atoms with Crippen molar-refractivity contribution in [3.63, 3.8) is 0 Å². The van der Waals surface area contributed by atoms with E-state index in [1.54, 1.807) is 6.07 Å². The van der Waals surface area contributed by atoms with Crippen molar-refractivity contribution in [2.24, 2.45) is 0 Å². The molecule has 0 bridgehead atoms. The van der Waals surface area contributed by atoms with Gasteiger partial charge in [-0.15, -0.1) is 0 Å². The molecule has 2 aromatic rings. The number of nitrogens with zero attached hydrogens (tertiary/aromatic N) is 2. The van der Waals surface area contributed by atoms with Crippen LogP contribution in [0, 0.1) is 0 Å². The summed E-state index contributed by atoms with van der Waals surface area (Å²) in [5, 5.41) is 9.26. The molecule has 0 amide bonds. The number of para-hydroxylation sites is 1. The van der Waals surface area contributed by atoms with E-state index >= 15 is 0 Å². The van der Waals surface area contributed by atoms with Crippen molar-refractivity contribution in [2.45, 2.75) is 25.8 Å². The molecule has 0 saturated carbocycles. The predicted octanol–water partition coefficient (Wildman–Crippen LogP) is 3.12. The first-order valence-electron chi connectivity index (χ1n) is 7.26. The van der Waals surface area contributed by atoms with Crippen LogP contribution in [0.15, 0.2) is 42.6 Å². The standard InChI is InChI=1S/C17H18N2O2/c20-17(21)16-14(8-5-10-18-16)12-19-11-4-3-7-13-6-1-2-9-15(13)19/h1-2,5-6,8-10H,3-4,7,11-12H2,(H,20,21). The van der Waals surface area contributed by atoms with E-state index in [4.69, 9.17) is 0 Å². The number of anilines is 1. The summed E-state index contributed by atoms with van der Waals surface area (Å²) in [7, 11) is 0. The van der Waals surface area contributed by atoms with Gasteiger partial charge in [0.2, 0.25) is 0 Å². The lowest BCUT2D eigenvalue weighted by molar-refractivity contribution is 0.0689. The summed E-state index contributed by atoms with van der Waals surface area (Å²) in [6.45, 7) is 1.54. The fraction of sp³-hybridized carbons (Fsp3) is 0.294. The molecular weight excluding hydrogens is 264 g/mol. The molecule has 108 valence electrons. The predicted molar refractivity (Wildman–Crippen MR) is 81.6 cm³/mol. The average Bonchev–Trinajstić information content (AvgIpc) is 2.70. The van der Waals surface area contributed by atoms with E-state index < -0.39 is 5.97 Å². The van der Waals surface area contributed by atoms with Gasteiger partial charge in [-0.2, -0.15) is 0 Å². The van der Waals surface area contributed by atoms with E-state index in [0.717, 1.165) is 24.9 Å². The lowest BCUT2D eigenvalue weighted by atomic mass is 10.1. The Morgan fingerprint density at radius 3 is 2.90 bits per heavy atom. The summed E-state index contributed by atoms with van der Waals surface area (Å²) in [6, 6.07) is 12.0. The highest BCUT2D eigenvalue weighted by Gasteiger charge is 2.18. The summed E-state index contributed by atoms with van der Waals surface area (Å²) in [4.78, 5) is 17.6. The summed E-state index contributed by atoms with van der Waals surface area (Å²) >= 11 is 0. The SMILES string of the molecule is O=C(O)c1ncccc1CN1CCCCc2ccccc21. The molecule has 1 aromatic heterocycles. The van der Waals surface area contributed by atoms with E-state index in [1.165, 1.54) is 23.9 Å². The molecule has 0 spiro atoms. The molecule has 0 radical (unpaired) electrons. The Bertz CT molecular complexity index is 655. The van der Waals surface area contributed by atoms with Gasteiger partial charge in [-0.05, 0) is 37.0 Å². The Labute approximate surface area is 124 Å². The minimum Gasteiger partial charge on any atom is -0.477 e. The minimum absolute atomic E-state index is 0.152. The molecule has 0 aliphatic carbocycles. The molecule has 1 aliphatic heterocycles. The van der Waals surface area contributed by atoms with Crippen LogP contribution in [0.5, 0.6) is 0 Å². The maximum Gasteiger partial charge on any atom is 0.354 e. The van der Waals surface area contributed by atoms with Crippen LogP contribution >= 0.6 is 0 Å². The van der Waals surface area contributed by atoms with Crippen molar-refractivity contribution < 1.29 is 9.90 Å². The number of benzene rings is 1. The van der Waals surface area contributed by atoms with Crippen molar-refractivity contribution in [3.05, 3.63) is 59.4 Å². The molecule has 1 aliphatic rings. The number of hydrogen-bond acceptors (Lipinski definition) is 3. The maximum atomic E-state index is 11.3. The Kier molecular flexibility index (Phi) is 3.86. The highest BCUT2D eigenvalue weighted by molar-refractivity contribution is 5.87. The Hall–Kier alpha value is -2.36. The number of pyridine rings is 1. The third kappa shape index (κ3) is 2.89. The van der Waals surface area contributed by atoms with Gasteiger partial charge in [0, 0.05) is 30.5 Å². The van der Waals surface area contributed by atoms with Gasteiger partial charge in [0.1, 0.15) is 0 Å². The summed E-state index contributed by atoms with van der Waals surface area (Å²) in [5.74, 6) is -0.964. The average molecular weight is 282 g/mol. The second kappa shape index (κ2) is 5.95. The van der Waals surface area contributed by atoms with E-state index in [9.17, 15) is 9.90 Å². The molecular formula is C17H18N2O2. The van der Waals surface area contributed by atoms with Gasteiger partial charge in [0.15, 0.2) is 5.69 Å². The summed E-state index contributed by atoms with van der Waals surface area (Å²) < 4.78 is 0. The molecule has 4 nitrogen and oxygen atoms in total. The fourth-order valence-electron chi connectivity index (χ4n) is 2.90. The monoisotopic (exact) mass is 282 g/mol. The number of aromatic nitrogens is 1. The number of carbonyl (C=O) groups is 1. The Morgan fingerprint density at radius 1 is 1.19 bits per heavy atom. The highest BCUT2D eigenvalue weighted by atomic mass is 16.4. The van der Waals surface area contributed by atoms with Crippen LogP contribution in [0.3, 0.4) is 0 Å². The van der Waals surface area contributed by atoms with Crippen LogP contribution in [0.1, 0.15) is 34.5 Å². The Morgan fingerprint density at radius 2 is 2.05 bits per heavy atom. The first-order valence-corrected chi connectivity index (χ1v) is 7.26. The summed E-state index contributed by atoms with van der Waals surface area (Å²) in [5.41, 5.74) is 3.48. The molecule has 1 N–H and O–H groups in total. The van der Waals surface area contributed by atoms with Gasteiger partial charge in [0.05, 0.1) is 0 Å². The van der Waals surface area contributed by atoms with E-state index in [1.807, 2.05) is 12.1 Å². The molecule has 0 saturated heterocycles. The lowest BCUT2D eigenvalue weighted by Crippen LogP contribution is -2.25. The van der Waals surface area contributed by atoms with Crippen LogP contribution in [0.4, 0.5) is 5.69 Å². The van der Waals surface area contributed by atoms with Crippen LogP contribution in [-0.2, 0) is 13.0 Å². The van der Waals surface area contributed by atoms with Gasteiger partial charge >= 0.3 is 5.97 Å². The third-order valence-electron chi connectivity index (χ3n) is 3.91. The molecule has 4 heteroatoms. The van der Waals surface area contributed by atoms with Gasteiger partial charge in [0.25, 0.3) is 0 Å². The maximum absolute atomic E-state index is 11.3. The van der Waals surface area contributed by atoms with E-state index in [0.29, 0.717) is 6.54 Å². The molecule has 0 atom stereocenters. The number of fused-ring (bicyclic) bond motifs is 1. The molecule has 3 rings (SSSR count). The number of carboxylic acids is 1. The quantitative estimate of drug-likeness (QED) is 0.939. The zero-order valence-corrected chi connectivity index (χ0v) is 11.8. The molecule has 1 aromatic carbocycles. The number of aryl methyl sites for hydroxylation is 1.